The Morgan fingerprint density at radius 1 is 0.758 bits per heavy atom. The molecule has 3 aromatic carbocycles. The average Bonchev–Trinajstić information content (AvgIpc) is 2.69. The molecular formula is C20H16O11P2. The summed E-state index contributed by atoms with van der Waals surface area (Å²) in [5.41, 5.74) is 1.39. The Balaban J connectivity index is 1.90. The van der Waals surface area contributed by atoms with Crippen molar-refractivity contribution in [1.82, 2.24) is 0 Å². The standard InChI is InChI=1S/C20H16O11P2/c21-20(22)14-4-2-1-3-13(14)19-15-7-5-11(30-32(23,24)25)9-17(15)29-18-10-12(6-8-16(18)19)31-33(26,27)28/h1-10,19H,(H,21,22)(H2,23,24,25)(H2,26,27,28). The first-order valence-corrected chi connectivity index (χ1v) is 12.3. The maximum atomic E-state index is 11.9. The van der Waals surface area contributed by atoms with E-state index in [-0.39, 0.29) is 28.6 Å². The van der Waals surface area contributed by atoms with Gasteiger partial charge in [-0.2, -0.15) is 0 Å². The Labute approximate surface area is 186 Å². The van der Waals surface area contributed by atoms with Crippen molar-refractivity contribution in [3.63, 3.8) is 0 Å². The quantitative estimate of drug-likeness (QED) is 0.247. The lowest BCUT2D eigenvalue weighted by molar-refractivity contribution is 0.0695. The number of carboxylic acid groups (broad SMARTS) is 1. The summed E-state index contributed by atoms with van der Waals surface area (Å²) in [5, 5.41) is 9.69. The molecule has 3 aromatic rings. The van der Waals surface area contributed by atoms with Crippen molar-refractivity contribution < 1.29 is 52.4 Å². The molecule has 0 radical (unpaired) electrons. The molecule has 0 saturated carbocycles. The molecule has 4 rings (SSSR count). The fourth-order valence-corrected chi connectivity index (χ4v) is 4.41. The minimum absolute atomic E-state index is 0.0207. The van der Waals surface area contributed by atoms with Crippen molar-refractivity contribution in [2.24, 2.45) is 0 Å². The molecule has 11 nitrogen and oxygen atoms in total. The van der Waals surface area contributed by atoms with Crippen LogP contribution >= 0.6 is 15.6 Å². The Hall–Kier alpha value is -3.17. The molecule has 1 aliphatic heterocycles. The van der Waals surface area contributed by atoms with Crippen molar-refractivity contribution in [3.8, 4) is 23.0 Å². The van der Waals surface area contributed by atoms with E-state index in [1.165, 1.54) is 42.5 Å². The lowest BCUT2D eigenvalue weighted by atomic mass is 9.80. The largest absolute Gasteiger partial charge is 0.524 e. The van der Waals surface area contributed by atoms with Gasteiger partial charge in [-0.25, -0.2) is 13.9 Å². The van der Waals surface area contributed by atoms with Crippen LogP contribution in [0.2, 0.25) is 0 Å². The highest BCUT2D eigenvalue weighted by atomic mass is 31.2. The van der Waals surface area contributed by atoms with Crippen molar-refractivity contribution in [2.45, 2.75) is 5.92 Å². The maximum Gasteiger partial charge on any atom is 0.524 e. The van der Waals surface area contributed by atoms with E-state index in [9.17, 15) is 19.0 Å². The second-order valence-corrected chi connectivity index (χ2v) is 9.32. The highest BCUT2D eigenvalue weighted by molar-refractivity contribution is 7.47. The van der Waals surface area contributed by atoms with Crippen LogP contribution in [0.1, 0.15) is 33.0 Å². The van der Waals surface area contributed by atoms with Crippen LogP contribution in [0.3, 0.4) is 0 Å². The van der Waals surface area contributed by atoms with Crippen LogP contribution in [-0.2, 0) is 9.13 Å². The van der Waals surface area contributed by atoms with Gasteiger partial charge in [-0.05, 0) is 23.8 Å². The summed E-state index contributed by atoms with van der Waals surface area (Å²) < 4.78 is 37.5. The van der Waals surface area contributed by atoms with Crippen LogP contribution in [0.15, 0.2) is 60.7 Å². The average molecular weight is 494 g/mol. The van der Waals surface area contributed by atoms with E-state index < -0.39 is 27.5 Å². The minimum Gasteiger partial charge on any atom is -0.478 e. The van der Waals surface area contributed by atoms with E-state index in [4.69, 9.17) is 24.3 Å². The van der Waals surface area contributed by atoms with Gasteiger partial charge in [0.05, 0.1) is 5.56 Å². The Morgan fingerprint density at radius 2 is 1.24 bits per heavy atom. The molecule has 0 aromatic heterocycles. The Morgan fingerprint density at radius 3 is 1.70 bits per heavy atom. The summed E-state index contributed by atoms with van der Waals surface area (Å²) in [6.45, 7) is 0. The van der Waals surface area contributed by atoms with Crippen LogP contribution in [-0.4, -0.2) is 30.6 Å². The van der Waals surface area contributed by atoms with E-state index >= 15 is 0 Å². The molecule has 1 aliphatic rings. The molecule has 5 N–H and O–H groups in total. The topological polar surface area (TPSA) is 180 Å². The van der Waals surface area contributed by atoms with Gasteiger partial charge in [-0.3, -0.25) is 19.6 Å². The first-order chi connectivity index (χ1) is 15.4. The van der Waals surface area contributed by atoms with Gasteiger partial charge in [0.25, 0.3) is 0 Å². The van der Waals surface area contributed by atoms with E-state index in [1.54, 1.807) is 18.2 Å². The van der Waals surface area contributed by atoms with E-state index in [0.717, 1.165) is 0 Å². The van der Waals surface area contributed by atoms with Gasteiger partial charge in [0.15, 0.2) is 0 Å². The normalized spacial score (nSPS) is 13.5. The van der Waals surface area contributed by atoms with Crippen LogP contribution in [0.5, 0.6) is 23.0 Å². The van der Waals surface area contributed by atoms with Crippen LogP contribution < -0.4 is 13.8 Å². The fraction of sp³-hybridized carbons (Fsp3) is 0.0500. The van der Waals surface area contributed by atoms with Crippen LogP contribution in [0, 0.1) is 0 Å². The van der Waals surface area contributed by atoms with Crippen LogP contribution in [0.4, 0.5) is 0 Å². The van der Waals surface area contributed by atoms with Crippen molar-refractivity contribution in [3.05, 3.63) is 82.9 Å². The maximum absolute atomic E-state index is 11.9. The molecule has 1 heterocycles. The number of aromatic carboxylic acids is 1. The third-order valence-electron chi connectivity index (χ3n) is 4.76. The SMILES string of the molecule is O=C(O)c1ccccc1C1c2ccc(OP(=O)(O)O)cc2Oc2cc(OP(=O)(O)O)ccc21. The molecule has 0 saturated heterocycles. The smallest absolute Gasteiger partial charge is 0.478 e. The molecule has 0 fully saturated rings. The van der Waals surface area contributed by atoms with Gasteiger partial charge < -0.3 is 18.9 Å². The van der Waals surface area contributed by atoms with Crippen molar-refractivity contribution in [2.75, 3.05) is 0 Å². The number of hydrogen-bond donors (Lipinski definition) is 5. The summed E-state index contributed by atoms with van der Waals surface area (Å²) in [7, 11) is -9.71. The van der Waals surface area contributed by atoms with E-state index in [1.807, 2.05) is 0 Å². The Bertz CT molecular complexity index is 1270. The number of phosphoric ester groups is 2. The molecule has 13 heteroatoms. The number of fused-ring (bicyclic) bond motifs is 2. The molecule has 33 heavy (non-hydrogen) atoms. The lowest BCUT2D eigenvalue weighted by Crippen LogP contribution is -2.15. The van der Waals surface area contributed by atoms with Gasteiger partial charge in [0, 0.05) is 29.2 Å². The summed E-state index contributed by atoms with van der Waals surface area (Å²) >= 11 is 0. The second-order valence-electron chi connectivity index (χ2n) is 6.99. The first-order valence-electron chi connectivity index (χ1n) is 9.19. The monoisotopic (exact) mass is 494 g/mol. The number of benzene rings is 3. The summed E-state index contributed by atoms with van der Waals surface area (Å²) in [5.74, 6) is -2.04. The minimum atomic E-state index is -4.86. The second kappa shape index (κ2) is 8.31. The Kier molecular flexibility index (Phi) is 5.79. The highest BCUT2D eigenvalue weighted by Gasteiger charge is 2.33. The van der Waals surface area contributed by atoms with Gasteiger partial charge in [-0.15, -0.1) is 0 Å². The highest BCUT2D eigenvalue weighted by Crippen LogP contribution is 2.51. The number of ether oxygens (including phenoxy) is 1. The lowest BCUT2D eigenvalue weighted by Gasteiger charge is -2.30. The molecular weight excluding hydrogens is 478 g/mol. The van der Waals surface area contributed by atoms with Crippen molar-refractivity contribution in [1.29, 1.82) is 0 Å². The summed E-state index contributed by atoms with van der Waals surface area (Å²) in [6, 6.07) is 14.3. The zero-order valence-corrected chi connectivity index (χ0v) is 18.2. The predicted molar refractivity (Wildman–Crippen MR) is 113 cm³/mol. The van der Waals surface area contributed by atoms with Gasteiger partial charge >= 0.3 is 21.6 Å². The summed E-state index contributed by atoms with van der Waals surface area (Å²) in [4.78, 5) is 48.3. The number of carboxylic acids is 1. The molecule has 0 atom stereocenters. The predicted octanol–water partition coefficient (Wildman–Crippen LogP) is 3.61. The van der Waals surface area contributed by atoms with Gasteiger partial charge in [0.1, 0.15) is 23.0 Å². The number of phosphoric acid groups is 2. The molecule has 0 unspecified atom stereocenters. The molecule has 0 spiro atoms. The zero-order chi connectivity index (χ0) is 24.0. The molecule has 0 amide bonds. The fourth-order valence-electron chi connectivity index (χ4n) is 3.64. The van der Waals surface area contributed by atoms with Crippen LogP contribution in [0.25, 0.3) is 0 Å². The van der Waals surface area contributed by atoms with Gasteiger partial charge in [0.2, 0.25) is 0 Å². The molecule has 0 aliphatic carbocycles. The van der Waals surface area contributed by atoms with Crippen molar-refractivity contribution >= 4 is 21.6 Å². The number of hydrogen-bond acceptors (Lipinski definition) is 6. The van der Waals surface area contributed by atoms with E-state index in [0.29, 0.717) is 16.7 Å². The molecule has 0 bridgehead atoms. The summed E-state index contributed by atoms with van der Waals surface area (Å²) in [6.07, 6.45) is 0. The first kappa shape index (κ1) is 23.0. The van der Waals surface area contributed by atoms with Gasteiger partial charge in [-0.1, -0.05) is 30.3 Å². The molecule has 172 valence electrons. The number of carbonyl (C=O) groups is 1. The zero-order valence-electron chi connectivity index (χ0n) is 16.4. The number of rotatable bonds is 6. The third-order valence-corrected chi connectivity index (χ3v) is 5.66. The van der Waals surface area contributed by atoms with E-state index in [2.05, 4.69) is 9.05 Å². The third kappa shape index (κ3) is 5.09.